The third-order valence-electron chi connectivity index (χ3n) is 4.38. The molecule has 2 fully saturated rings. The lowest BCUT2D eigenvalue weighted by molar-refractivity contribution is -0.345. The molecule has 12 heteroatoms. The van der Waals surface area contributed by atoms with Crippen LogP contribution in [-0.2, 0) is 19.0 Å². The van der Waals surface area contributed by atoms with Gasteiger partial charge in [-0.05, 0) is 0 Å². The zero-order chi connectivity index (χ0) is 19.6. The number of carbonyl (C=O) groups is 1. The largest absolute Gasteiger partial charge is 0.394 e. The molecule has 0 aromatic rings. The maximum Gasteiger partial charge on any atom is 0.217 e. The zero-order valence-electron chi connectivity index (χ0n) is 14.0. The molecule has 0 aromatic carbocycles. The fraction of sp³-hybridized carbons (Fsp3) is 0.929. The van der Waals surface area contributed by atoms with Crippen molar-refractivity contribution in [1.82, 2.24) is 5.32 Å². The Labute approximate surface area is 148 Å². The molecule has 0 unspecified atom stereocenters. The molecule has 0 spiro atoms. The number of aliphatic hydroxyl groups is 7. The minimum Gasteiger partial charge on any atom is -0.394 e. The van der Waals surface area contributed by atoms with Gasteiger partial charge in [-0.25, -0.2) is 0 Å². The van der Waals surface area contributed by atoms with Crippen LogP contribution in [-0.4, -0.2) is 116 Å². The summed E-state index contributed by atoms with van der Waals surface area (Å²) in [7, 11) is 0. The van der Waals surface area contributed by atoms with E-state index in [0.29, 0.717) is 0 Å². The number of carbonyl (C=O) groups excluding carboxylic acids is 1. The van der Waals surface area contributed by atoms with E-state index in [1.165, 1.54) is 0 Å². The van der Waals surface area contributed by atoms with Gasteiger partial charge in [-0.15, -0.1) is 0 Å². The lowest BCUT2D eigenvalue weighted by atomic mass is 9.95. The van der Waals surface area contributed by atoms with Gasteiger partial charge >= 0.3 is 0 Å². The van der Waals surface area contributed by atoms with Crippen LogP contribution >= 0.6 is 0 Å². The third kappa shape index (κ3) is 4.31. The van der Waals surface area contributed by atoms with Crippen LogP contribution in [0.25, 0.3) is 0 Å². The minimum atomic E-state index is -1.73. The van der Waals surface area contributed by atoms with E-state index in [4.69, 9.17) is 14.2 Å². The Kier molecular flexibility index (Phi) is 7.27. The van der Waals surface area contributed by atoms with Gasteiger partial charge in [-0.1, -0.05) is 0 Å². The molecule has 2 rings (SSSR count). The molecular weight excluding hydrogens is 358 g/mol. The second kappa shape index (κ2) is 8.84. The normalized spacial score (nSPS) is 46.8. The highest BCUT2D eigenvalue weighted by Gasteiger charge is 2.50. The highest BCUT2D eigenvalue weighted by Crippen LogP contribution is 2.28. The van der Waals surface area contributed by atoms with E-state index >= 15 is 0 Å². The Bertz CT molecular complexity index is 478. The molecular formula is C14H25NO11. The smallest absolute Gasteiger partial charge is 0.217 e. The summed E-state index contributed by atoms with van der Waals surface area (Å²) in [4.78, 5) is 11.2. The number of nitrogens with one attached hydrogen (secondary N) is 1. The maximum absolute atomic E-state index is 11.2. The van der Waals surface area contributed by atoms with E-state index in [9.17, 15) is 40.5 Å². The maximum atomic E-state index is 11.2. The molecule has 1 amide bonds. The zero-order valence-corrected chi connectivity index (χ0v) is 14.0. The topological polar surface area (TPSA) is 198 Å². The molecule has 0 aliphatic carbocycles. The summed E-state index contributed by atoms with van der Waals surface area (Å²) >= 11 is 0. The van der Waals surface area contributed by atoms with Gasteiger partial charge in [-0.3, -0.25) is 4.79 Å². The second-order valence-electron chi connectivity index (χ2n) is 6.26. The van der Waals surface area contributed by atoms with Crippen LogP contribution in [0.3, 0.4) is 0 Å². The van der Waals surface area contributed by atoms with Gasteiger partial charge in [0.25, 0.3) is 0 Å². The highest BCUT2D eigenvalue weighted by molar-refractivity contribution is 5.73. The number of amides is 1. The molecule has 26 heavy (non-hydrogen) atoms. The van der Waals surface area contributed by atoms with Crippen LogP contribution < -0.4 is 5.32 Å². The fourth-order valence-electron chi connectivity index (χ4n) is 2.98. The van der Waals surface area contributed by atoms with Crippen molar-refractivity contribution in [2.24, 2.45) is 0 Å². The average molecular weight is 383 g/mol. The third-order valence-corrected chi connectivity index (χ3v) is 4.38. The van der Waals surface area contributed by atoms with Crippen molar-refractivity contribution < 1.29 is 54.8 Å². The van der Waals surface area contributed by atoms with Crippen LogP contribution in [0.5, 0.6) is 0 Å². The molecule has 2 aliphatic rings. The Morgan fingerprint density at radius 1 is 0.923 bits per heavy atom. The summed E-state index contributed by atoms with van der Waals surface area (Å²) in [5, 5.41) is 70.7. The van der Waals surface area contributed by atoms with Gasteiger partial charge in [0.05, 0.1) is 13.2 Å². The lowest BCUT2D eigenvalue weighted by Gasteiger charge is -2.46. The van der Waals surface area contributed by atoms with Crippen molar-refractivity contribution in [2.75, 3.05) is 13.2 Å². The van der Waals surface area contributed by atoms with Crippen LogP contribution in [0.2, 0.25) is 0 Å². The summed E-state index contributed by atoms with van der Waals surface area (Å²) in [5.41, 5.74) is 0. The van der Waals surface area contributed by atoms with Crippen molar-refractivity contribution in [2.45, 2.75) is 68.3 Å². The summed E-state index contributed by atoms with van der Waals surface area (Å²) in [6.45, 7) is -0.195. The molecule has 0 radical (unpaired) electrons. The number of hydrogen-bond acceptors (Lipinski definition) is 11. The molecule has 8 N–H and O–H groups in total. The van der Waals surface area contributed by atoms with Crippen molar-refractivity contribution in [3.05, 3.63) is 0 Å². The number of hydrogen-bond donors (Lipinski definition) is 8. The van der Waals surface area contributed by atoms with Crippen LogP contribution in [0.4, 0.5) is 0 Å². The van der Waals surface area contributed by atoms with Crippen molar-refractivity contribution in [3.8, 4) is 0 Å². The second-order valence-corrected chi connectivity index (χ2v) is 6.26. The molecule has 2 aliphatic heterocycles. The van der Waals surface area contributed by atoms with Gasteiger partial charge in [0.2, 0.25) is 5.91 Å². The van der Waals surface area contributed by atoms with E-state index in [2.05, 4.69) is 5.32 Å². The van der Waals surface area contributed by atoms with Gasteiger partial charge in [0.15, 0.2) is 12.6 Å². The fourth-order valence-corrected chi connectivity index (χ4v) is 2.98. The van der Waals surface area contributed by atoms with E-state index < -0.39 is 80.5 Å². The predicted molar refractivity (Wildman–Crippen MR) is 80.2 cm³/mol. The molecule has 10 atom stereocenters. The first-order chi connectivity index (χ1) is 12.2. The van der Waals surface area contributed by atoms with E-state index in [1.54, 1.807) is 0 Å². The quantitative estimate of drug-likeness (QED) is 0.226. The summed E-state index contributed by atoms with van der Waals surface area (Å²) in [6, 6.07) is -1.29. The standard InChI is InChI=1S/C14H25NO11/c1-4(18)15-7-9(20)12(6(3-17)24-13(7)23)26-14-11(22)10(21)8(19)5(2-16)25-14/h5-14,16-17,19-23H,2-3H2,1H3,(H,15,18)/t5-,6+,7-,8-,9+,10+,11-,12+,13+,14+/m0/s1. The molecule has 2 saturated heterocycles. The molecule has 12 nitrogen and oxygen atoms in total. The van der Waals surface area contributed by atoms with Crippen molar-refractivity contribution in [1.29, 1.82) is 0 Å². The van der Waals surface area contributed by atoms with Crippen molar-refractivity contribution >= 4 is 5.91 Å². The molecule has 2 heterocycles. The number of aliphatic hydroxyl groups excluding tert-OH is 7. The minimum absolute atomic E-state index is 0.564. The van der Waals surface area contributed by atoms with Crippen LogP contribution in [0.1, 0.15) is 6.92 Å². The first kappa shape index (κ1) is 21.4. The van der Waals surface area contributed by atoms with Crippen LogP contribution in [0, 0.1) is 0 Å². The Morgan fingerprint density at radius 2 is 1.54 bits per heavy atom. The van der Waals surface area contributed by atoms with Crippen molar-refractivity contribution in [3.63, 3.8) is 0 Å². The molecule has 0 saturated carbocycles. The predicted octanol–water partition coefficient (Wildman–Crippen LogP) is -5.25. The SMILES string of the molecule is CC(=O)N[C@H]1[C@@H](O)[C@H](O[C@H]2O[C@@H](CO)[C@H](O)[C@@H](O)[C@@H]2O)[C@@H](CO)O[C@H]1O. The monoisotopic (exact) mass is 383 g/mol. The first-order valence-corrected chi connectivity index (χ1v) is 8.06. The Balaban J connectivity index is 2.16. The van der Waals surface area contributed by atoms with E-state index in [-0.39, 0.29) is 0 Å². The van der Waals surface area contributed by atoms with E-state index in [0.717, 1.165) is 6.92 Å². The summed E-state index contributed by atoms with van der Waals surface area (Å²) < 4.78 is 15.7. The van der Waals surface area contributed by atoms with E-state index in [1.807, 2.05) is 0 Å². The van der Waals surface area contributed by atoms with Crippen LogP contribution in [0.15, 0.2) is 0 Å². The van der Waals surface area contributed by atoms with Gasteiger partial charge in [-0.2, -0.15) is 0 Å². The summed E-state index contributed by atoms with van der Waals surface area (Å²) in [5.74, 6) is -0.564. The first-order valence-electron chi connectivity index (χ1n) is 8.06. The average Bonchev–Trinajstić information content (AvgIpc) is 2.60. The number of ether oxygens (including phenoxy) is 3. The molecule has 0 aromatic heterocycles. The van der Waals surface area contributed by atoms with Gasteiger partial charge in [0.1, 0.15) is 48.8 Å². The number of rotatable bonds is 5. The lowest BCUT2D eigenvalue weighted by Crippen LogP contribution is -2.67. The van der Waals surface area contributed by atoms with Gasteiger partial charge < -0.3 is 55.3 Å². The summed E-state index contributed by atoms with van der Waals surface area (Å²) in [6.07, 6.45) is -13.6. The highest BCUT2D eigenvalue weighted by atomic mass is 16.7. The van der Waals surface area contributed by atoms with Gasteiger partial charge in [0, 0.05) is 6.92 Å². The molecule has 0 bridgehead atoms. The Hall–Kier alpha value is -0.930. The molecule has 152 valence electrons. The Morgan fingerprint density at radius 3 is 2.08 bits per heavy atom.